The van der Waals surface area contributed by atoms with Crippen molar-refractivity contribution in [1.29, 1.82) is 0 Å². The lowest BCUT2D eigenvalue weighted by Gasteiger charge is -2.27. The molecular formula is C38H48N8O2. The molecule has 7 N–H and O–H groups in total. The van der Waals surface area contributed by atoms with E-state index in [-0.39, 0.29) is 35.7 Å². The number of amides is 2. The number of nitrogens with one attached hydrogen (secondary N) is 1. The van der Waals surface area contributed by atoms with Gasteiger partial charge in [0.1, 0.15) is 5.82 Å². The van der Waals surface area contributed by atoms with Gasteiger partial charge in [0.25, 0.3) is 0 Å². The molecule has 48 heavy (non-hydrogen) atoms. The molecule has 2 saturated heterocycles. The minimum Gasteiger partial charge on any atom is -0.397 e. The van der Waals surface area contributed by atoms with Gasteiger partial charge in [0.15, 0.2) is 0 Å². The number of imidazole rings is 1. The number of aromatic nitrogens is 2. The number of nitrogen functional groups attached to an aromatic ring is 1. The minimum absolute atomic E-state index is 0.00812. The standard InChI is InChI=1S/C38H48N8O2/c1-22(2)34(40)37(47)45-15-5-7-29(45)20-42-31-19-27(13-14-30(31)39)25-9-10-26-18-28(12-11-24(26)17-25)32-21-43-36(44-32)33-8-6-16-46(33)38(48)35(41)23(3)4/h9-14,17-23,29,33-35H,5-8,15-16,39-41H2,1-4H3,(H,43,44). The van der Waals surface area contributed by atoms with Gasteiger partial charge in [-0.3, -0.25) is 14.6 Å². The summed E-state index contributed by atoms with van der Waals surface area (Å²) >= 11 is 0. The second kappa shape index (κ2) is 13.9. The van der Waals surface area contributed by atoms with Gasteiger partial charge < -0.3 is 32.0 Å². The van der Waals surface area contributed by atoms with Crippen LogP contribution < -0.4 is 17.2 Å². The summed E-state index contributed by atoms with van der Waals surface area (Å²) in [7, 11) is 0. The largest absolute Gasteiger partial charge is 0.397 e. The van der Waals surface area contributed by atoms with Crippen molar-refractivity contribution in [2.75, 3.05) is 18.8 Å². The lowest BCUT2D eigenvalue weighted by Crippen LogP contribution is -2.48. The molecular weight excluding hydrogens is 600 g/mol. The van der Waals surface area contributed by atoms with E-state index in [2.05, 4.69) is 41.4 Å². The summed E-state index contributed by atoms with van der Waals surface area (Å²) < 4.78 is 0. The molecule has 1 aromatic heterocycles. The number of carbonyl (C=O) groups excluding carboxylic acids is 2. The lowest BCUT2D eigenvalue weighted by molar-refractivity contribution is -0.135. The fourth-order valence-electron chi connectivity index (χ4n) is 6.74. The van der Waals surface area contributed by atoms with E-state index in [1.165, 1.54) is 0 Å². The lowest BCUT2D eigenvalue weighted by atomic mass is 9.99. The summed E-state index contributed by atoms with van der Waals surface area (Å²) in [4.78, 5) is 42.7. The van der Waals surface area contributed by atoms with Crippen LogP contribution in [0.5, 0.6) is 0 Å². The number of benzene rings is 3. The molecule has 3 aromatic carbocycles. The number of rotatable bonds is 9. The summed E-state index contributed by atoms with van der Waals surface area (Å²) in [6.45, 7) is 9.28. The van der Waals surface area contributed by atoms with Crippen molar-refractivity contribution in [3.63, 3.8) is 0 Å². The van der Waals surface area contributed by atoms with Crippen LogP contribution in [0.3, 0.4) is 0 Å². The molecule has 0 spiro atoms. The number of fused-ring (bicyclic) bond motifs is 1. The average molecular weight is 649 g/mol. The Morgan fingerprint density at radius 3 is 2.12 bits per heavy atom. The molecule has 3 heterocycles. The number of carbonyl (C=O) groups is 2. The molecule has 4 unspecified atom stereocenters. The van der Waals surface area contributed by atoms with Crippen LogP contribution in [0.2, 0.25) is 0 Å². The van der Waals surface area contributed by atoms with Crippen LogP contribution in [0.25, 0.3) is 33.2 Å². The normalized spacial score (nSPS) is 19.7. The SMILES string of the molecule is CC(C)C(N)C(=O)N1CCCC1C=Nc1cc(-c2ccc3cc(-c4cnc(C5CCCN5C(=O)C(N)C(C)C)[nH]4)ccc3c2)ccc1N. The first-order valence-corrected chi connectivity index (χ1v) is 17.2. The van der Waals surface area contributed by atoms with Gasteiger partial charge in [0.2, 0.25) is 11.8 Å². The molecule has 2 aliphatic heterocycles. The highest BCUT2D eigenvalue weighted by molar-refractivity contribution is 5.91. The van der Waals surface area contributed by atoms with E-state index >= 15 is 0 Å². The molecule has 4 atom stereocenters. The Labute approximate surface area is 282 Å². The van der Waals surface area contributed by atoms with Crippen LogP contribution >= 0.6 is 0 Å². The van der Waals surface area contributed by atoms with Crippen LogP contribution in [0, 0.1) is 11.8 Å². The first-order chi connectivity index (χ1) is 23.0. The van der Waals surface area contributed by atoms with Crippen LogP contribution in [0.1, 0.15) is 65.2 Å². The summed E-state index contributed by atoms with van der Waals surface area (Å²) in [6, 6.07) is 17.5. The van der Waals surface area contributed by atoms with Gasteiger partial charge in [-0.15, -0.1) is 0 Å². The first-order valence-electron chi connectivity index (χ1n) is 17.2. The Bertz CT molecular complexity index is 1830. The molecule has 0 aliphatic carbocycles. The number of nitrogens with zero attached hydrogens (tertiary/aromatic N) is 4. The predicted octanol–water partition coefficient (Wildman–Crippen LogP) is 5.80. The highest BCUT2D eigenvalue weighted by atomic mass is 16.2. The molecule has 2 amide bonds. The van der Waals surface area contributed by atoms with Crippen molar-refractivity contribution >= 4 is 40.2 Å². The zero-order chi connectivity index (χ0) is 34.1. The highest BCUT2D eigenvalue weighted by Gasteiger charge is 2.35. The van der Waals surface area contributed by atoms with E-state index in [1.54, 1.807) is 0 Å². The van der Waals surface area contributed by atoms with Gasteiger partial charge in [0.05, 0.1) is 47.4 Å². The number of H-pyrrole nitrogens is 1. The van der Waals surface area contributed by atoms with Crippen molar-refractivity contribution in [2.45, 2.75) is 77.5 Å². The quantitative estimate of drug-likeness (QED) is 0.133. The van der Waals surface area contributed by atoms with Crippen molar-refractivity contribution < 1.29 is 9.59 Å². The first kappa shape index (κ1) is 33.4. The predicted molar refractivity (Wildman–Crippen MR) is 194 cm³/mol. The monoisotopic (exact) mass is 648 g/mol. The molecule has 10 nitrogen and oxygen atoms in total. The molecule has 252 valence electrons. The van der Waals surface area contributed by atoms with E-state index in [0.717, 1.165) is 64.7 Å². The molecule has 2 fully saturated rings. The summed E-state index contributed by atoms with van der Waals surface area (Å²) in [6.07, 6.45) is 7.29. The van der Waals surface area contributed by atoms with Crippen molar-refractivity contribution in [2.24, 2.45) is 28.3 Å². The third-order valence-corrected chi connectivity index (χ3v) is 9.94. The van der Waals surface area contributed by atoms with Gasteiger partial charge in [-0.25, -0.2) is 4.98 Å². The van der Waals surface area contributed by atoms with Crippen LogP contribution in [0.4, 0.5) is 11.4 Å². The minimum atomic E-state index is -0.512. The fraction of sp³-hybridized carbons (Fsp3) is 0.421. The third-order valence-electron chi connectivity index (χ3n) is 9.94. The Balaban J connectivity index is 1.19. The number of nitrogens with two attached hydrogens (primary N) is 3. The molecule has 0 bridgehead atoms. The summed E-state index contributed by atoms with van der Waals surface area (Å²) in [5, 5.41) is 2.21. The zero-order valence-corrected chi connectivity index (χ0v) is 28.4. The number of likely N-dealkylation sites (tertiary alicyclic amines) is 2. The molecule has 4 aromatic rings. The van der Waals surface area contributed by atoms with Crippen LogP contribution in [-0.2, 0) is 9.59 Å². The summed E-state index contributed by atoms with van der Waals surface area (Å²) in [5.74, 6) is 0.935. The van der Waals surface area contributed by atoms with Gasteiger partial charge >= 0.3 is 0 Å². The Morgan fingerprint density at radius 1 is 0.833 bits per heavy atom. The zero-order valence-electron chi connectivity index (χ0n) is 28.4. The molecule has 6 rings (SSSR count). The maximum atomic E-state index is 13.0. The Hall–Kier alpha value is -4.54. The highest BCUT2D eigenvalue weighted by Crippen LogP contribution is 2.35. The number of anilines is 1. The van der Waals surface area contributed by atoms with E-state index < -0.39 is 12.1 Å². The van der Waals surface area contributed by atoms with Gasteiger partial charge in [0, 0.05) is 24.9 Å². The fourth-order valence-corrected chi connectivity index (χ4v) is 6.74. The van der Waals surface area contributed by atoms with E-state index in [0.29, 0.717) is 24.5 Å². The maximum Gasteiger partial charge on any atom is 0.240 e. The Morgan fingerprint density at radius 2 is 1.42 bits per heavy atom. The smallest absolute Gasteiger partial charge is 0.240 e. The number of aromatic amines is 1. The topological polar surface area (TPSA) is 160 Å². The van der Waals surface area contributed by atoms with E-state index in [1.807, 2.05) is 68.1 Å². The maximum absolute atomic E-state index is 13.0. The molecule has 10 heteroatoms. The van der Waals surface area contributed by atoms with E-state index in [9.17, 15) is 9.59 Å². The molecule has 0 radical (unpaired) electrons. The second-order valence-electron chi connectivity index (χ2n) is 14.0. The number of aliphatic imine (C=N–C) groups is 1. The van der Waals surface area contributed by atoms with Gasteiger partial charge in [-0.1, -0.05) is 58.0 Å². The number of hydrogen-bond acceptors (Lipinski definition) is 7. The molecule has 2 aliphatic rings. The molecule has 0 saturated carbocycles. The third kappa shape index (κ3) is 6.73. The van der Waals surface area contributed by atoms with Crippen molar-refractivity contribution in [3.05, 3.63) is 66.6 Å². The van der Waals surface area contributed by atoms with Gasteiger partial charge in [-0.2, -0.15) is 0 Å². The second-order valence-corrected chi connectivity index (χ2v) is 14.0. The van der Waals surface area contributed by atoms with Gasteiger partial charge in [-0.05, 0) is 83.7 Å². The van der Waals surface area contributed by atoms with Crippen molar-refractivity contribution in [3.8, 4) is 22.4 Å². The summed E-state index contributed by atoms with van der Waals surface area (Å²) in [5.41, 5.74) is 24.0. The van der Waals surface area contributed by atoms with Crippen molar-refractivity contribution in [1.82, 2.24) is 19.8 Å². The van der Waals surface area contributed by atoms with E-state index in [4.69, 9.17) is 27.2 Å². The van der Waals surface area contributed by atoms with Crippen LogP contribution in [-0.4, -0.2) is 69.0 Å². The van der Waals surface area contributed by atoms with Crippen LogP contribution in [0.15, 0.2) is 65.8 Å². The Kier molecular flexibility index (Phi) is 9.66. The number of hydrogen-bond donors (Lipinski definition) is 4. The average Bonchev–Trinajstić information content (AvgIpc) is 3.87.